The van der Waals surface area contributed by atoms with Crippen molar-refractivity contribution in [1.29, 1.82) is 0 Å². The Balaban J connectivity index is 1.64. The summed E-state index contributed by atoms with van der Waals surface area (Å²) in [5.74, 6) is 0.0325. The normalized spacial score (nSPS) is 12.3. The number of hydrogen-bond acceptors (Lipinski definition) is 5. The number of rotatable bonds is 5. The van der Waals surface area contributed by atoms with Crippen molar-refractivity contribution in [1.82, 2.24) is 10.2 Å². The summed E-state index contributed by atoms with van der Waals surface area (Å²) in [5.41, 5.74) is 1.45. The van der Waals surface area contributed by atoms with Gasteiger partial charge in [-0.25, -0.2) is 4.79 Å². The molecule has 1 atom stereocenters. The second-order valence-electron chi connectivity index (χ2n) is 5.39. The maximum absolute atomic E-state index is 12.0. The van der Waals surface area contributed by atoms with Gasteiger partial charge in [-0.1, -0.05) is 47.5 Å². The summed E-state index contributed by atoms with van der Waals surface area (Å²) in [6, 6.07) is 14.3. The van der Waals surface area contributed by atoms with E-state index in [9.17, 15) is 4.79 Å². The SMILES string of the molecule is C[C@@H](OC(=O)/C=C/c1ccc(Cl)cc1Cl)c1nnc(-c2ccccc2)o1. The van der Waals surface area contributed by atoms with E-state index in [2.05, 4.69) is 10.2 Å². The summed E-state index contributed by atoms with van der Waals surface area (Å²) >= 11 is 11.9. The first-order valence-electron chi connectivity index (χ1n) is 7.75. The van der Waals surface area contributed by atoms with Gasteiger partial charge in [0.1, 0.15) is 0 Å². The fraction of sp³-hybridized carbons (Fsp3) is 0.105. The third kappa shape index (κ3) is 4.50. The highest BCUT2D eigenvalue weighted by molar-refractivity contribution is 6.35. The molecule has 26 heavy (non-hydrogen) atoms. The van der Waals surface area contributed by atoms with Crippen LogP contribution in [0.2, 0.25) is 10.0 Å². The fourth-order valence-corrected chi connectivity index (χ4v) is 2.63. The number of hydrogen-bond donors (Lipinski definition) is 0. The lowest BCUT2D eigenvalue weighted by Gasteiger charge is -2.07. The first kappa shape index (κ1) is 18.2. The van der Waals surface area contributed by atoms with Crippen LogP contribution in [0.1, 0.15) is 24.5 Å². The van der Waals surface area contributed by atoms with Gasteiger partial charge in [-0.15, -0.1) is 10.2 Å². The number of halogens is 2. The van der Waals surface area contributed by atoms with Gasteiger partial charge in [-0.2, -0.15) is 0 Å². The molecule has 0 N–H and O–H groups in total. The lowest BCUT2D eigenvalue weighted by Crippen LogP contribution is -2.06. The Hall–Kier alpha value is -2.63. The predicted octanol–water partition coefficient (Wildman–Crippen LogP) is 5.36. The minimum Gasteiger partial charge on any atom is -0.449 e. The van der Waals surface area contributed by atoms with Gasteiger partial charge in [-0.3, -0.25) is 0 Å². The number of nitrogens with zero attached hydrogens (tertiary/aromatic N) is 2. The number of carbonyl (C=O) groups is 1. The van der Waals surface area contributed by atoms with Gasteiger partial charge in [0.05, 0.1) is 0 Å². The third-order valence-electron chi connectivity index (χ3n) is 3.46. The zero-order valence-corrected chi connectivity index (χ0v) is 15.2. The molecule has 0 radical (unpaired) electrons. The van der Waals surface area contributed by atoms with Gasteiger partial charge >= 0.3 is 5.97 Å². The van der Waals surface area contributed by atoms with Crippen LogP contribution in [-0.4, -0.2) is 16.2 Å². The molecule has 0 bridgehead atoms. The molecule has 5 nitrogen and oxygen atoms in total. The Morgan fingerprint density at radius 1 is 1.15 bits per heavy atom. The molecule has 0 amide bonds. The average molecular weight is 389 g/mol. The molecular weight excluding hydrogens is 375 g/mol. The molecule has 0 aliphatic carbocycles. The minimum atomic E-state index is -0.683. The number of benzene rings is 2. The van der Waals surface area contributed by atoms with E-state index in [1.165, 1.54) is 6.08 Å². The molecule has 3 rings (SSSR count). The summed E-state index contributed by atoms with van der Waals surface area (Å²) < 4.78 is 10.8. The van der Waals surface area contributed by atoms with E-state index in [4.69, 9.17) is 32.4 Å². The van der Waals surface area contributed by atoms with Crippen LogP contribution in [0.25, 0.3) is 17.5 Å². The minimum absolute atomic E-state index is 0.218. The van der Waals surface area contributed by atoms with E-state index in [0.717, 1.165) is 5.56 Å². The largest absolute Gasteiger partial charge is 0.449 e. The van der Waals surface area contributed by atoms with Gasteiger partial charge in [0.15, 0.2) is 6.10 Å². The number of aromatic nitrogens is 2. The zero-order valence-electron chi connectivity index (χ0n) is 13.7. The maximum atomic E-state index is 12.0. The average Bonchev–Trinajstić information content (AvgIpc) is 3.12. The van der Waals surface area contributed by atoms with Crippen molar-refractivity contribution < 1.29 is 13.9 Å². The summed E-state index contributed by atoms with van der Waals surface area (Å²) in [6.07, 6.45) is 2.15. The Labute approximate surface area is 160 Å². The summed E-state index contributed by atoms with van der Waals surface area (Å²) in [4.78, 5) is 12.0. The van der Waals surface area contributed by atoms with Crippen LogP contribution < -0.4 is 0 Å². The zero-order chi connectivity index (χ0) is 18.5. The number of carbonyl (C=O) groups excluding carboxylic acids is 1. The van der Waals surface area contributed by atoms with Crippen molar-refractivity contribution in [3.8, 4) is 11.5 Å². The van der Waals surface area contributed by atoms with Crippen LogP contribution in [0, 0.1) is 0 Å². The van der Waals surface area contributed by atoms with Crippen molar-refractivity contribution >= 4 is 35.2 Å². The molecule has 2 aromatic carbocycles. The van der Waals surface area contributed by atoms with Crippen LogP contribution in [0.4, 0.5) is 0 Å². The molecule has 132 valence electrons. The highest BCUT2D eigenvalue weighted by atomic mass is 35.5. The summed E-state index contributed by atoms with van der Waals surface area (Å²) in [5, 5.41) is 8.87. The molecule has 0 saturated heterocycles. The molecule has 0 fully saturated rings. The van der Waals surface area contributed by atoms with Gasteiger partial charge in [0, 0.05) is 21.7 Å². The van der Waals surface area contributed by atoms with Crippen molar-refractivity contribution in [2.75, 3.05) is 0 Å². The van der Waals surface area contributed by atoms with E-state index in [1.807, 2.05) is 30.3 Å². The Morgan fingerprint density at radius 2 is 1.92 bits per heavy atom. The molecular formula is C19H14Cl2N2O3. The molecule has 0 aliphatic rings. The topological polar surface area (TPSA) is 65.2 Å². The molecule has 3 aromatic rings. The molecule has 7 heteroatoms. The van der Waals surface area contributed by atoms with E-state index in [0.29, 0.717) is 21.5 Å². The predicted molar refractivity (Wildman–Crippen MR) is 99.7 cm³/mol. The first-order chi connectivity index (χ1) is 12.5. The second-order valence-corrected chi connectivity index (χ2v) is 6.23. The molecule has 0 aliphatic heterocycles. The van der Waals surface area contributed by atoms with Crippen molar-refractivity contribution in [3.05, 3.63) is 76.1 Å². The van der Waals surface area contributed by atoms with E-state index in [1.54, 1.807) is 31.2 Å². The monoisotopic (exact) mass is 388 g/mol. The van der Waals surface area contributed by atoms with E-state index >= 15 is 0 Å². The first-order valence-corrected chi connectivity index (χ1v) is 8.51. The highest BCUT2D eigenvalue weighted by Gasteiger charge is 2.18. The summed E-state index contributed by atoms with van der Waals surface area (Å²) in [6.45, 7) is 1.66. The van der Waals surface area contributed by atoms with Crippen LogP contribution in [0.5, 0.6) is 0 Å². The van der Waals surface area contributed by atoms with E-state index in [-0.39, 0.29) is 5.89 Å². The molecule has 0 unspecified atom stereocenters. The smallest absolute Gasteiger partial charge is 0.331 e. The Morgan fingerprint density at radius 3 is 2.65 bits per heavy atom. The molecule has 1 heterocycles. The van der Waals surface area contributed by atoms with Crippen LogP contribution in [0.3, 0.4) is 0 Å². The van der Waals surface area contributed by atoms with Gasteiger partial charge in [0.2, 0.25) is 5.89 Å². The Kier molecular flexibility index (Phi) is 5.71. The highest BCUT2D eigenvalue weighted by Crippen LogP contribution is 2.24. The van der Waals surface area contributed by atoms with Crippen LogP contribution in [0.15, 0.2) is 59.0 Å². The third-order valence-corrected chi connectivity index (χ3v) is 4.03. The van der Waals surface area contributed by atoms with Gasteiger partial charge < -0.3 is 9.15 Å². The van der Waals surface area contributed by atoms with Crippen LogP contribution in [-0.2, 0) is 9.53 Å². The molecule has 0 saturated carbocycles. The number of ether oxygens (including phenoxy) is 1. The maximum Gasteiger partial charge on any atom is 0.331 e. The quantitative estimate of drug-likeness (QED) is 0.434. The Bertz CT molecular complexity index is 939. The lowest BCUT2D eigenvalue weighted by atomic mass is 10.2. The lowest BCUT2D eigenvalue weighted by molar-refractivity contribution is -0.143. The summed E-state index contributed by atoms with van der Waals surface area (Å²) in [7, 11) is 0. The van der Waals surface area contributed by atoms with Crippen molar-refractivity contribution in [3.63, 3.8) is 0 Å². The van der Waals surface area contributed by atoms with Crippen molar-refractivity contribution in [2.45, 2.75) is 13.0 Å². The standard InChI is InChI=1S/C19H14Cl2N2O3/c1-12(18-22-23-19(26-18)14-5-3-2-4-6-14)25-17(24)10-8-13-7-9-15(20)11-16(13)21/h2-12H,1H3/b10-8+/t12-/m1/s1. The van der Waals surface area contributed by atoms with Crippen molar-refractivity contribution in [2.24, 2.45) is 0 Å². The van der Waals surface area contributed by atoms with Gasteiger partial charge in [-0.05, 0) is 42.8 Å². The van der Waals surface area contributed by atoms with Gasteiger partial charge in [0.25, 0.3) is 5.89 Å². The molecule has 0 spiro atoms. The molecule has 1 aromatic heterocycles. The van der Waals surface area contributed by atoms with E-state index < -0.39 is 12.1 Å². The van der Waals surface area contributed by atoms with Crippen LogP contribution >= 0.6 is 23.2 Å². The number of esters is 1. The fourth-order valence-electron chi connectivity index (χ4n) is 2.15. The second kappa shape index (κ2) is 8.17.